The van der Waals surface area contributed by atoms with Crippen LogP contribution in [0.5, 0.6) is 5.75 Å². The van der Waals surface area contributed by atoms with Gasteiger partial charge in [0.05, 0.1) is 13.2 Å². The van der Waals surface area contributed by atoms with Gasteiger partial charge in [-0.1, -0.05) is 31.5 Å². The summed E-state index contributed by atoms with van der Waals surface area (Å²) in [5.74, 6) is 0.968. The number of carbonyl (C=O) groups excluding carboxylic acids is 2. The van der Waals surface area contributed by atoms with E-state index in [-0.39, 0.29) is 18.0 Å². The molecule has 0 spiro atoms. The third kappa shape index (κ3) is 7.06. The number of piperidine rings is 1. The number of hydrogen-bond acceptors (Lipinski definition) is 4. The number of aryl methyl sites for hydroxylation is 2. The quantitative estimate of drug-likeness (QED) is 0.648. The summed E-state index contributed by atoms with van der Waals surface area (Å²) in [4.78, 5) is 25.9. The highest BCUT2D eigenvalue weighted by molar-refractivity contribution is 5.76. The van der Waals surface area contributed by atoms with Crippen molar-refractivity contribution in [3.05, 3.63) is 29.3 Å². The van der Waals surface area contributed by atoms with Crippen molar-refractivity contribution in [3.8, 4) is 5.75 Å². The predicted molar refractivity (Wildman–Crippen MR) is 110 cm³/mol. The lowest BCUT2D eigenvalue weighted by atomic mass is 10.1. The summed E-state index contributed by atoms with van der Waals surface area (Å²) in [5.41, 5.74) is 2.23. The molecule has 6 nitrogen and oxygen atoms in total. The third-order valence-electron chi connectivity index (χ3n) is 5.05. The predicted octanol–water partition coefficient (Wildman–Crippen LogP) is 3.98. The van der Waals surface area contributed by atoms with Crippen LogP contribution >= 0.6 is 0 Å². The van der Waals surface area contributed by atoms with Gasteiger partial charge >= 0.3 is 6.09 Å². The van der Waals surface area contributed by atoms with E-state index in [1.807, 2.05) is 32.0 Å². The van der Waals surface area contributed by atoms with Crippen LogP contribution in [0, 0.1) is 13.8 Å². The Bertz CT molecular complexity index is 619. The lowest BCUT2D eigenvalue weighted by Crippen LogP contribution is -2.46. The minimum Gasteiger partial charge on any atom is -0.493 e. The van der Waals surface area contributed by atoms with Crippen LogP contribution in [-0.2, 0) is 9.53 Å². The molecule has 1 aliphatic rings. The third-order valence-corrected chi connectivity index (χ3v) is 5.05. The number of amides is 2. The molecule has 1 N–H and O–H groups in total. The van der Waals surface area contributed by atoms with E-state index >= 15 is 0 Å². The Hall–Kier alpha value is -2.24. The van der Waals surface area contributed by atoms with Crippen LogP contribution in [0.3, 0.4) is 0 Å². The maximum absolute atomic E-state index is 12.2. The Labute approximate surface area is 168 Å². The van der Waals surface area contributed by atoms with Gasteiger partial charge in [-0.15, -0.1) is 0 Å². The maximum atomic E-state index is 12.2. The Morgan fingerprint density at radius 2 is 1.79 bits per heavy atom. The van der Waals surface area contributed by atoms with Crippen molar-refractivity contribution in [1.29, 1.82) is 0 Å². The first-order valence-corrected chi connectivity index (χ1v) is 10.4. The molecule has 0 bridgehead atoms. The fourth-order valence-electron chi connectivity index (χ4n) is 3.34. The fraction of sp³-hybridized carbons (Fsp3) is 0.636. The molecule has 1 aromatic rings. The van der Waals surface area contributed by atoms with Crippen LogP contribution in [0.1, 0.15) is 56.6 Å². The first-order chi connectivity index (χ1) is 13.5. The fourth-order valence-corrected chi connectivity index (χ4v) is 3.34. The molecule has 156 valence electrons. The minimum atomic E-state index is -0.234. The highest BCUT2D eigenvalue weighted by Gasteiger charge is 2.24. The topological polar surface area (TPSA) is 67.9 Å². The van der Waals surface area contributed by atoms with E-state index in [1.54, 1.807) is 4.90 Å². The number of nitrogens with zero attached hydrogens (tertiary/aromatic N) is 1. The number of benzene rings is 1. The summed E-state index contributed by atoms with van der Waals surface area (Å²) >= 11 is 0. The molecule has 0 saturated carbocycles. The van der Waals surface area contributed by atoms with E-state index in [9.17, 15) is 9.59 Å². The molecule has 28 heavy (non-hydrogen) atoms. The Morgan fingerprint density at radius 3 is 2.43 bits per heavy atom. The van der Waals surface area contributed by atoms with Crippen molar-refractivity contribution >= 4 is 12.0 Å². The van der Waals surface area contributed by atoms with Gasteiger partial charge in [0, 0.05) is 25.6 Å². The van der Waals surface area contributed by atoms with Gasteiger partial charge in [-0.2, -0.15) is 0 Å². The number of ether oxygens (including phenoxy) is 2. The number of likely N-dealkylation sites (tertiary alicyclic amines) is 1. The number of rotatable bonds is 9. The summed E-state index contributed by atoms with van der Waals surface area (Å²) in [7, 11) is 0. The summed E-state index contributed by atoms with van der Waals surface area (Å²) in [6.07, 6.45) is 4.34. The van der Waals surface area contributed by atoms with Gasteiger partial charge in [0.1, 0.15) is 5.75 Å². The van der Waals surface area contributed by atoms with E-state index in [0.717, 1.165) is 42.6 Å². The van der Waals surface area contributed by atoms with E-state index < -0.39 is 0 Å². The van der Waals surface area contributed by atoms with Gasteiger partial charge in [0.15, 0.2) is 0 Å². The molecule has 2 amide bonds. The van der Waals surface area contributed by atoms with Crippen molar-refractivity contribution < 1.29 is 19.1 Å². The van der Waals surface area contributed by atoms with Crippen LogP contribution in [0.15, 0.2) is 18.2 Å². The molecule has 0 atom stereocenters. The van der Waals surface area contributed by atoms with E-state index in [2.05, 4.69) is 12.2 Å². The summed E-state index contributed by atoms with van der Waals surface area (Å²) < 4.78 is 11.1. The van der Waals surface area contributed by atoms with Crippen LogP contribution in [0.2, 0.25) is 0 Å². The molecular weight excluding hydrogens is 356 g/mol. The molecule has 1 saturated heterocycles. The maximum Gasteiger partial charge on any atom is 0.409 e. The molecule has 0 aliphatic carbocycles. The summed E-state index contributed by atoms with van der Waals surface area (Å²) in [6.45, 7) is 8.40. The standard InChI is InChI=1S/C22H34N2O4/c1-4-5-15-28-22(26)24-13-11-19(12-14-24)23-20(25)10-7-16-27-21-17(2)8-6-9-18(21)3/h6,8-9,19H,4-5,7,10-16H2,1-3H3,(H,23,25). The van der Waals surface area contributed by atoms with E-state index in [1.165, 1.54) is 0 Å². The van der Waals surface area contributed by atoms with Crippen LogP contribution in [-0.4, -0.2) is 49.2 Å². The zero-order valence-corrected chi connectivity index (χ0v) is 17.5. The second-order valence-corrected chi connectivity index (χ2v) is 7.47. The Morgan fingerprint density at radius 1 is 1.11 bits per heavy atom. The average Bonchev–Trinajstić information content (AvgIpc) is 2.67. The monoisotopic (exact) mass is 390 g/mol. The largest absolute Gasteiger partial charge is 0.493 e. The SMILES string of the molecule is CCCCOC(=O)N1CCC(NC(=O)CCCOc2c(C)cccc2C)CC1. The highest BCUT2D eigenvalue weighted by Crippen LogP contribution is 2.22. The van der Waals surface area contributed by atoms with Gasteiger partial charge in [0.2, 0.25) is 5.91 Å². The first kappa shape index (κ1) is 22.1. The lowest BCUT2D eigenvalue weighted by molar-refractivity contribution is -0.122. The second kappa shape index (κ2) is 11.6. The number of carbonyl (C=O) groups is 2. The molecule has 1 aliphatic heterocycles. The van der Waals surface area contributed by atoms with Gasteiger partial charge in [-0.05, 0) is 50.7 Å². The van der Waals surface area contributed by atoms with E-state index in [0.29, 0.717) is 39.1 Å². The average molecular weight is 391 g/mol. The van der Waals surface area contributed by atoms with Gasteiger partial charge in [-0.25, -0.2) is 4.79 Å². The smallest absolute Gasteiger partial charge is 0.409 e. The molecule has 1 heterocycles. The molecular formula is C22H34N2O4. The Balaban J connectivity index is 1.60. The number of hydrogen-bond donors (Lipinski definition) is 1. The van der Waals surface area contributed by atoms with Crippen LogP contribution in [0.25, 0.3) is 0 Å². The Kier molecular flexibility index (Phi) is 9.11. The molecule has 2 rings (SSSR count). The minimum absolute atomic E-state index is 0.0501. The highest BCUT2D eigenvalue weighted by atomic mass is 16.6. The summed E-state index contributed by atoms with van der Waals surface area (Å²) in [6, 6.07) is 6.20. The van der Waals surface area contributed by atoms with Crippen molar-refractivity contribution in [2.24, 2.45) is 0 Å². The molecule has 0 radical (unpaired) electrons. The molecule has 0 unspecified atom stereocenters. The second-order valence-electron chi connectivity index (χ2n) is 7.47. The van der Waals surface area contributed by atoms with Crippen LogP contribution in [0.4, 0.5) is 4.79 Å². The van der Waals surface area contributed by atoms with Gasteiger partial charge < -0.3 is 19.7 Å². The van der Waals surface area contributed by atoms with E-state index in [4.69, 9.17) is 9.47 Å². The number of para-hydroxylation sites is 1. The normalized spacial score (nSPS) is 14.6. The van der Waals surface area contributed by atoms with Gasteiger partial charge in [-0.3, -0.25) is 4.79 Å². The van der Waals surface area contributed by atoms with Crippen molar-refractivity contribution in [2.45, 2.75) is 65.3 Å². The van der Waals surface area contributed by atoms with Crippen molar-refractivity contribution in [1.82, 2.24) is 10.2 Å². The molecule has 1 aromatic carbocycles. The molecule has 6 heteroatoms. The summed E-state index contributed by atoms with van der Waals surface area (Å²) in [5, 5.41) is 3.08. The molecule has 1 fully saturated rings. The number of unbranched alkanes of at least 4 members (excludes halogenated alkanes) is 1. The van der Waals surface area contributed by atoms with Crippen molar-refractivity contribution in [2.75, 3.05) is 26.3 Å². The van der Waals surface area contributed by atoms with Crippen molar-refractivity contribution in [3.63, 3.8) is 0 Å². The molecule has 0 aromatic heterocycles. The zero-order valence-electron chi connectivity index (χ0n) is 17.5. The zero-order chi connectivity index (χ0) is 20.4. The van der Waals surface area contributed by atoms with Crippen LogP contribution < -0.4 is 10.1 Å². The lowest BCUT2D eigenvalue weighted by Gasteiger charge is -2.31. The van der Waals surface area contributed by atoms with Gasteiger partial charge in [0.25, 0.3) is 0 Å². The number of nitrogens with one attached hydrogen (secondary N) is 1. The first-order valence-electron chi connectivity index (χ1n) is 10.4.